The highest BCUT2D eigenvalue weighted by Gasteiger charge is 2.17. The van der Waals surface area contributed by atoms with Crippen LogP contribution in [0.1, 0.15) is 5.56 Å². The lowest BCUT2D eigenvalue weighted by atomic mass is 10.2. The number of piperazine rings is 1. The summed E-state index contributed by atoms with van der Waals surface area (Å²) in [7, 11) is 0. The molecule has 0 radical (unpaired) electrons. The van der Waals surface area contributed by atoms with E-state index in [9.17, 15) is 5.11 Å². The van der Waals surface area contributed by atoms with Crippen molar-refractivity contribution in [1.29, 1.82) is 0 Å². The number of hydrogen-bond donors (Lipinski definition) is 1. The van der Waals surface area contributed by atoms with Crippen molar-refractivity contribution in [3.63, 3.8) is 0 Å². The molecule has 0 atom stereocenters. The molecular formula is C16H17N3OS. The summed E-state index contributed by atoms with van der Waals surface area (Å²) in [6.07, 6.45) is 1.85. The molecule has 1 aromatic heterocycles. The van der Waals surface area contributed by atoms with E-state index in [1.807, 2.05) is 23.7 Å². The number of para-hydroxylation sites is 1. The topological polar surface area (TPSA) is 39.6 Å². The van der Waals surface area contributed by atoms with Crippen molar-refractivity contribution in [2.24, 2.45) is 0 Å². The van der Waals surface area contributed by atoms with Gasteiger partial charge in [-0.05, 0) is 12.1 Å². The Bertz CT molecular complexity index is 637. The molecular weight excluding hydrogens is 282 g/mol. The fraction of sp³-hybridized carbons (Fsp3) is 0.312. The van der Waals surface area contributed by atoms with Crippen LogP contribution in [0.15, 0.2) is 35.8 Å². The van der Waals surface area contributed by atoms with Crippen molar-refractivity contribution in [1.82, 2.24) is 9.88 Å². The maximum absolute atomic E-state index is 9.66. The SMILES string of the molecule is Oc1ccccc1C#CCN1CCN(c2nccs2)CC1. The molecule has 1 aliphatic rings. The van der Waals surface area contributed by atoms with Crippen LogP contribution in [0.4, 0.5) is 5.13 Å². The molecule has 0 saturated carbocycles. The van der Waals surface area contributed by atoms with Crippen LogP contribution in [0.3, 0.4) is 0 Å². The Morgan fingerprint density at radius 2 is 2.00 bits per heavy atom. The monoisotopic (exact) mass is 299 g/mol. The molecule has 2 heterocycles. The number of nitrogens with zero attached hydrogens (tertiary/aromatic N) is 3. The summed E-state index contributed by atoms with van der Waals surface area (Å²) in [6.45, 7) is 4.71. The van der Waals surface area contributed by atoms with Crippen molar-refractivity contribution < 1.29 is 5.11 Å². The van der Waals surface area contributed by atoms with Crippen LogP contribution in [-0.2, 0) is 0 Å². The number of aromatic hydroxyl groups is 1. The van der Waals surface area contributed by atoms with Crippen molar-refractivity contribution in [3.05, 3.63) is 41.4 Å². The van der Waals surface area contributed by atoms with Gasteiger partial charge in [-0.15, -0.1) is 11.3 Å². The molecule has 1 fully saturated rings. The summed E-state index contributed by atoms with van der Waals surface area (Å²) < 4.78 is 0. The zero-order valence-electron chi connectivity index (χ0n) is 11.7. The van der Waals surface area contributed by atoms with E-state index < -0.39 is 0 Å². The number of anilines is 1. The Hall–Kier alpha value is -2.03. The average Bonchev–Trinajstić information content (AvgIpc) is 3.04. The number of benzene rings is 1. The van der Waals surface area contributed by atoms with Gasteiger partial charge in [-0.3, -0.25) is 4.90 Å². The van der Waals surface area contributed by atoms with Crippen LogP contribution in [0.25, 0.3) is 0 Å². The standard InChI is InChI=1S/C16H17N3OS/c20-15-6-2-1-4-14(15)5-3-8-18-9-11-19(12-10-18)16-17-7-13-21-16/h1-2,4,6-7,13,20H,8-12H2. The van der Waals surface area contributed by atoms with Gasteiger partial charge in [-0.2, -0.15) is 0 Å². The lowest BCUT2D eigenvalue weighted by Gasteiger charge is -2.33. The van der Waals surface area contributed by atoms with Gasteiger partial charge in [-0.25, -0.2) is 4.98 Å². The maximum atomic E-state index is 9.66. The van der Waals surface area contributed by atoms with Gasteiger partial charge < -0.3 is 10.0 Å². The van der Waals surface area contributed by atoms with Crippen molar-refractivity contribution >= 4 is 16.5 Å². The minimum absolute atomic E-state index is 0.249. The fourth-order valence-corrected chi connectivity index (χ4v) is 2.99. The van der Waals surface area contributed by atoms with Gasteiger partial charge in [0.15, 0.2) is 5.13 Å². The summed E-state index contributed by atoms with van der Waals surface area (Å²) in [4.78, 5) is 8.99. The molecule has 3 rings (SSSR count). The Balaban J connectivity index is 1.51. The molecule has 4 nitrogen and oxygen atoms in total. The van der Waals surface area contributed by atoms with E-state index in [0.29, 0.717) is 5.56 Å². The normalized spacial score (nSPS) is 15.5. The summed E-state index contributed by atoms with van der Waals surface area (Å²) in [5.41, 5.74) is 0.693. The Labute approximate surface area is 128 Å². The van der Waals surface area contributed by atoms with Crippen molar-refractivity contribution in [3.8, 4) is 17.6 Å². The first-order valence-electron chi connectivity index (χ1n) is 6.96. The summed E-state index contributed by atoms with van der Waals surface area (Å²) in [5, 5.41) is 12.8. The number of phenolic OH excluding ortho intramolecular Hbond substituents is 1. The van der Waals surface area contributed by atoms with Crippen LogP contribution in [0, 0.1) is 11.8 Å². The van der Waals surface area contributed by atoms with Gasteiger partial charge >= 0.3 is 0 Å². The van der Waals surface area contributed by atoms with E-state index in [1.165, 1.54) is 0 Å². The largest absolute Gasteiger partial charge is 0.507 e. The third-order valence-electron chi connectivity index (χ3n) is 3.49. The van der Waals surface area contributed by atoms with Gasteiger partial charge in [0.05, 0.1) is 12.1 Å². The summed E-state index contributed by atoms with van der Waals surface area (Å²) >= 11 is 1.69. The second-order valence-corrected chi connectivity index (χ2v) is 5.77. The van der Waals surface area contributed by atoms with E-state index >= 15 is 0 Å². The van der Waals surface area contributed by atoms with Gasteiger partial charge in [0.1, 0.15) is 5.75 Å². The van der Waals surface area contributed by atoms with E-state index in [4.69, 9.17) is 0 Å². The lowest BCUT2D eigenvalue weighted by Crippen LogP contribution is -2.46. The molecule has 0 amide bonds. The molecule has 0 unspecified atom stereocenters. The highest BCUT2D eigenvalue weighted by atomic mass is 32.1. The van der Waals surface area contributed by atoms with Crippen LogP contribution < -0.4 is 4.90 Å². The molecule has 1 aromatic carbocycles. The zero-order valence-corrected chi connectivity index (χ0v) is 12.5. The summed E-state index contributed by atoms with van der Waals surface area (Å²) in [5.74, 6) is 6.43. The Morgan fingerprint density at radius 3 is 2.71 bits per heavy atom. The number of thiazole rings is 1. The quantitative estimate of drug-likeness (QED) is 0.861. The first kappa shape index (κ1) is 13.9. The predicted octanol–water partition coefficient (Wildman–Crippen LogP) is 2.02. The molecule has 108 valence electrons. The van der Waals surface area contributed by atoms with Gasteiger partial charge in [-0.1, -0.05) is 24.0 Å². The maximum Gasteiger partial charge on any atom is 0.185 e. The van der Waals surface area contributed by atoms with Gasteiger partial charge in [0.2, 0.25) is 0 Å². The number of hydrogen-bond acceptors (Lipinski definition) is 5. The summed E-state index contributed by atoms with van der Waals surface area (Å²) in [6, 6.07) is 7.19. The van der Waals surface area contributed by atoms with Crippen LogP contribution in [0.5, 0.6) is 5.75 Å². The van der Waals surface area contributed by atoms with E-state index in [2.05, 4.69) is 26.6 Å². The second kappa shape index (κ2) is 6.61. The molecule has 0 spiro atoms. The van der Waals surface area contributed by atoms with Crippen molar-refractivity contribution in [2.75, 3.05) is 37.6 Å². The van der Waals surface area contributed by atoms with Crippen LogP contribution in [-0.4, -0.2) is 47.7 Å². The molecule has 1 saturated heterocycles. The van der Waals surface area contributed by atoms with E-state index in [1.54, 1.807) is 23.5 Å². The van der Waals surface area contributed by atoms with Gasteiger partial charge in [0, 0.05) is 37.8 Å². The zero-order chi connectivity index (χ0) is 14.5. The second-order valence-electron chi connectivity index (χ2n) is 4.90. The highest BCUT2D eigenvalue weighted by molar-refractivity contribution is 7.13. The minimum atomic E-state index is 0.249. The molecule has 0 bridgehead atoms. The minimum Gasteiger partial charge on any atom is -0.507 e. The number of rotatable bonds is 2. The molecule has 2 aromatic rings. The highest BCUT2D eigenvalue weighted by Crippen LogP contribution is 2.18. The fourth-order valence-electron chi connectivity index (χ4n) is 2.30. The van der Waals surface area contributed by atoms with E-state index in [0.717, 1.165) is 37.9 Å². The van der Waals surface area contributed by atoms with Crippen LogP contribution >= 0.6 is 11.3 Å². The van der Waals surface area contributed by atoms with E-state index in [-0.39, 0.29) is 5.75 Å². The smallest absolute Gasteiger partial charge is 0.185 e. The molecule has 1 aliphatic heterocycles. The molecule has 21 heavy (non-hydrogen) atoms. The van der Waals surface area contributed by atoms with Crippen LogP contribution in [0.2, 0.25) is 0 Å². The Kier molecular flexibility index (Phi) is 4.39. The first-order valence-corrected chi connectivity index (χ1v) is 7.84. The number of aromatic nitrogens is 1. The molecule has 0 aliphatic carbocycles. The Morgan fingerprint density at radius 1 is 1.19 bits per heavy atom. The van der Waals surface area contributed by atoms with Gasteiger partial charge in [0.25, 0.3) is 0 Å². The first-order chi connectivity index (χ1) is 10.3. The lowest BCUT2D eigenvalue weighted by molar-refractivity contribution is 0.288. The number of phenols is 1. The molecule has 5 heteroatoms. The average molecular weight is 299 g/mol. The third-order valence-corrected chi connectivity index (χ3v) is 4.32. The van der Waals surface area contributed by atoms with Crippen molar-refractivity contribution in [2.45, 2.75) is 0 Å². The molecule has 1 N–H and O–H groups in total. The predicted molar refractivity (Wildman–Crippen MR) is 85.8 cm³/mol. The third kappa shape index (κ3) is 3.54.